The molecule has 1 fully saturated rings. The Balaban J connectivity index is 2.21. The summed E-state index contributed by atoms with van der Waals surface area (Å²) >= 11 is 0. The maximum absolute atomic E-state index is 12.0. The summed E-state index contributed by atoms with van der Waals surface area (Å²) in [6, 6.07) is 4.74. The van der Waals surface area contributed by atoms with E-state index >= 15 is 0 Å². The molecule has 8 heteroatoms. The average molecular weight is 304 g/mol. The fraction of sp³-hybridized carbons (Fsp3) is 0.455. The van der Waals surface area contributed by atoms with E-state index in [0.717, 1.165) is 12.8 Å². The van der Waals surface area contributed by atoms with E-state index in [0.29, 0.717) is 5.92 Å². The third-order valence-electron chi connectivity index (χ3n) is 3.13. The Labute approximate surface area is 113 Å². The fourth-order valence-corrected chi connectivity index (χ4v) is 3.64. The highest BCUT2D eigenvalue weighted by Crippen LogP contribution is 2.33. The van der Waals surface area contributed by atoms with Crippen LogP contribution in [-0.4, -0.2) is 22.9 Å². The van der Waals surface area contributed by atoms with E-state index in [-0.39, 0.29) is 15.8 Å². The first kappa shape index (κ1) is 14.4. The van der Waals surface area contributed by atoms with Gasteiger partial charge in [0.25, 0.3) is 0 Å². The lowest BCUT2D eigenvalue weighted by Crippen LogP contribution is -2.34. The molecule has 6 nitrogen and oxygen atoms in total. The summed E-state index contributed by atoms with van der Waals surface area (Å²) in [5.41, 5.74) is 0. The Bertz CT molecular complexity index is 661. The van der Waals surface area contributed by atoms with E-state index in [1.165, 1.54) is 24.3 Å². The van der Waals surface area contributed by atoms with Crippen LogP contribution in [0.2, 0.25) is 0 Å². The molecule has 0 saturated heterocycles. The maximum Gasteiger partial charge on any atom is 0.240 e. The summed E-state index contributed by atoms with van der Waals surface area (Å²) in [6.07, 6.45) is 2.07. The minimum Gasteiger partial charge on any atom is -0.225 e. The monoisotopic (exact) mass is 304 g/mol. The molecule has 1 atom stereocenters. The van der Waals surface area contributed by atoms with Crippen molar-refractivity contribution in [3.63, 3.8) is 0 Å². The number of benzene rings is 1. The second-order valence-corrected chi connectivity index (χ2v) is 8.04. The number of hydrogen-bond donors (Lipinski definition) is 2. The van der Waals surface area contributed by atoms with Crippen molar-refractivity contribution in [2.75, 3.05) is 0 Å². The number of nitrogens with two attached hydrogens (primary N) is 1. The van der Waals surface area contributed by atoms with Gasteiger partial charge in [-0.25, -0.2) is 26.7 Å². The molecule has 0 aromatic heterocycles. The normalized spacial score (nSPS) is 18.2. The first-order valence-electron chi connectivity index (χ1n) is 5.85. The second kappa shape index (κ2) is 4.86. The molecule has 1 aliphatic carbocycles. The van der Waals surface area contributed by atoms with Crippen LogP contribution >= 0.6 is 0 Å². The van der Waals surface area contributed by atoms with Gasteiger partial charge in [-0.1, -0.05) is 0 Å². The van der Waals surface area contributed by atoms with E-state index in [9.17, 15) is 16.8 Å². The van der Waals surface area contributed by atoms with Gasteiger partial charge >= 0.3 is 0 Å². The molecule has 0 radical (unpaired) electrons. The highest BCUT2D eigenvalue weighted by atomic mass is 32.2. The lowest BCUT2D eigenvalue weighted by molar-refractivity contribution is 0.538. The lowest BCUT2D eigenvalue weighted by atomic mass is 10.2. The van der Waals surface area contributed by atoms with Gasteiger partial charge in [0.15, 0.2) is 0 Å². The van der Waals surface area contributed by atoms with Gasteiger partial charge in [0, 0.05) is 6.04 Å². The van der Waals surface area contributed by atoms with Crippen LogP contribution in [0.5, 0.6) is 0 Å². The predicted molar refractivity (Wildman–Crippen MR) is 70.3 cm³/mol. The zero-order valence-corrected chi connectivity index (χ0v) is 12.0. The Morgan fingerprint density at radius 3 is 2.00 bits per heavy atom. The van der Waals surface area contributed by atoms with Crippen LogP contribution in [0, 0.1) is 5.92 Å². The maximum atomic E-state index is 12.0. The number of primary sulfonamides is 1. The van der Waals surface area contributed by atoms with E-state index in [1.54, 1.807) is 0 Å². The van der Waals surface area contributed by atoms with Gasteiger partial charge < -0.3 is 0 Å². The van der Waals surface area contributed by atoms with E-state index in [1.807, 2.05) is 6.92 Å². The minimum atomic E-state index is -3.81. The lowest BCUT2D eigenvalue weighted by Gasteiger charge is -2.13. The van der Waals surface area contributed by atoms with Crippen LogP contribution in [0.15, 0.2) is 34.1 Å². The van der Waals surface area contributed by atoms with Crippen LogP contribution in [0.4, 0.5) is 0 Å². The summed E-state index contributed by atoms with van der Waals surface area (Å²) in [4.78, 5) is -0.0749. The molecule has 1 unspecified atom stereocenters. The zero-order chi connectivity index (χ0) is 14.3. The summed E-state index contributed by atoms with van der Waals surface area (Å²) in [6.45, 7) is 1.83. The topological polar surface area (TPSA) is 106 Å². The molecule has 0 bridgehead atoms. The molecule has 0 aliphatic heterocycles. The van der Waals surface area contributed by atoms with Gasteiger partial charge in [-0.3, -0.25) is 0 Å². The second-order valence-electron chi connectivity index (χ2n) is 4.76. The summed E-state index contributed by atoms with van der Waals surface area (Å²) in [5.74, 6) is 0.401. The van der Waals surface area contributed by atoms with Crippen molar-refractivity contribution >= 4 is 20.0 Å². The van der Waals surface area contributed by atoms with Crippen molar-refractivity contribution in [1.29, 1.82) is 0 Å². The van der Waals surface area contributed by atoms with Crippen LogP contribution < -0.4 is 9.86 Å². The summed E-state index contributed by atoms with van der Waals surface area (Å²) in [5, 5.41) is 4.95. The van der Waals surface area contributed by atoms with Gasteiger partial charge in [-0.2, -0.15) is 0 Å². The van der Waals surface area contributed by atoms with Crippen LogP contribution in [0.25, 0.3) is 0 Å². The Morgan fingerprint density at radius 1 is 1.11 bits per heavy atom. The third kappa shape index (κ3) is 3.53. The quantitative estimate of drug-likeness (QED) is 0.821. The smallest absolute Gasteiger partial charge is 0.225 e. The van der Waals surface area contributed by atoms with Crippen molar-refractivity contribution in [2.45, 2.75) is 35.6 Å². The molecule has 1 aromatic carbocycles. The molecule has 1 aromatic rings. The first-order valence-corrected chi connectivity index (χ1v) is 8.88. The van der Waals surface area contributed by atoms with Gasteiger partial charge in [0.05, 0.1) is 9.79 Å². The van der Waals surface area contributed by atoms with Crippen molar-refractivity contribution in [1.82, 2.24) is 4.72 Å². The van der Waals surface area contributed by atoms with E-state index in [2.05, 4.69) is 4.72 Å². The predicted octanol–water partition coefficient (Wildman–Crippen LogP) is 0.411. The van der Waals surface area contributed by atoms with E-state index < -0.39 is 20.0 Å². The molecule has 0 heterocycles. The third-order valence-corrected chi connectivity index (χ3v) is 5.64. The van der Waals surface area contributed by atoms with Crippen molar-refractivity contribution < 1.29 is 16.8 Å². The first-order chi connectivity index (χ1) is 8.70. The summed E-state index contributed by atoms with van der Waals surface area (Å²) in [7, 11) is -7.42. The van der Waals surface area contributed by atoms with Gasteiger partial charge in [0.1, 0.15) is 0 Å². The Morgan fingerprint density at radius 2 is 1.58 bits per heavy atom. The van der Waals surface area contributed by atoms with Crippen molar-refractivity contribution in [3.8, 4) is 0 Å². The fourth-order valence-electron chi connectivity index (χ4n) is 1.81. The molecule has 0 amide bonds. The Hall–Kier alpha value is -0.960. The van der Waals surface area contributed by atoms with Gasteiger partial charge in [0.2, 0.25) is 20.0 Å². The SMILES string of the molecule is CC(NS(=O)(=O)c1ccc(S(N)(=O)=O)cc1)C1CC1. The van der Waals surface area contributed by atoms with Crippen LogP contribution in [0.3, 0.4) is 0 Å². The number of hydrogen-bond acceptors (Lipinski definition) is 4. The molecule has 1 aliphatic rings. The Kier molecular flexibility index (Phi) is 3.69. The van der Waals surface area contributed by atoms with Gasteiger partial charge in [-0.05, 0) is 49.9 Å². The molecule has 0 spiro atoms. The molecular formula is C11H16N2O4S2. The number of rotatable bonds is 5. The number of sulfonamides is 2. The standard InChI is InChI=1S/C11H16N2O4S2/c1-8(9-2-3-9)13-19(16,17)11-6-4-10(5-7-11)18(12,14)15/h4-9,13H,2-3H2,1H3,(H2,12,14,15). The molecular weight excluding hydrogens is 288 g/mol. The highest BCUT2D eigenvalue weighted by molar-refractivity contribution is 7.89. The van der Waals surface area contributed by atoms with Crippen molar-refractivity contribution in [3.05, 3.63) is 24.3 Å². The zero-order valence-electron chi connectivity index (χ0n) is 10.4. The largest absolute Gasteiger partial charge is 0.240 e. The molecule has 2 rings (SSSR count). The van der Waals surface area contributed by atoms with Crippen LogP contribution in [-0.2, 0) is 20.0 Å². The molecule has 1 saturated carbocycles. The molecule has 3 N–H and O–H groups in total. The highest BCUT2D eigenvalue weighted by Gasteiger charge is 2.31. The summed E-state index contributed by atoms with van der Waals surface area (Å²) < 4.78 is 48.8. The molecule has 106 valence electrons. The molecule has 19 heavy (non-hydrogen) atoms. The van der Waals surface area contributed by atoms with Gasteiger partial charge in [-0.15, -0.1) is 0 Å². The minimum absolute atomic E-state index is 0.0346. The van der Waals surface area contributed by atoms with E-state index in [4.69, 9.17) is 5.14 Å². The van der Waals surface area contributed by atoms with Crippen molar-refractivity contribution in [2.24, 2.45) is 11.1 Å². The van der Waals surface area contributed by atoms with Crippen LogP contribution in [0.1, 0.15) is 19.8 Å². The number of nitrogens with one attached hydrogen (secondary N) is 1. The average Bonchev–Trinajstić information content (AvgIpc) is 3.11.